The molecule has 2 aromatic rings. The Hall–Kier alpha value is -3.02. The van der Waals surface area contributed by atoms with Crippen molar-refractivity contribution in [1.29, 1.82) is 0 Å². The van der Waals surface area contributed by atoms with E-state index in [4.69, 9.17) is 9.47 Å². The minimum absolute atomic E-state index is 0.0538. The molecule has 1 heterocycles. The maximum Gasteiger partial charge on any atom is 0.255 e. The van der Waals surface area contributed by atoms with Crippen LogP contribution in [-0.2, 0) is 4.79 Å². The van der Waals surface area contributed by atoms with Gasteiger partial charge in [0.05, 0.1) is 17.7 Å². The predicted molar refractivity (Wildman–Crippen MR) is 123 cm³/mol. The monoisotopic (exact) mass is 424 g/mol. The highest BCUT2D eigenvalue weighted by molar-refractivity contribution is 6.05. The van der Waals surface area contributed by atoms with Crippen LogP contribution in [0.4, 0.5) is 11.4 Å². The number of benzene rings is 2. The molecule has 0 aromatic heterocycles. The zero-order chi connectivity index (χ0) is 22.6. The molecular weight excluding hydrogens is 392 g/mol. The maximum atomic E-state index is 13.1. The molecule has 1 N–H and O–H groups in total. The highest BCUT2D eigenvalue weighted by atomic mass is 16.5. The molecule has 0 fully saturated rings. The average molecular weight is 425 g/mol. The molecule has 3 rings (SSSR count). The van der Waals surface area contributed by atoms with Crippen LogP contribution in [0.25, 0.3) is 0 Å². The highest BCUT2D eigenvalue weighted by Gasteiger charge is 2.37. The molecule has 31 heavy (non-hydrogen) atoms. The molecule has 2 amide bonds. The number of fused-ring (bicyclic) bond motifs is 1. The van der Waals surface area contributed by atoms with Crippen LogP contribution < -0.4 is 19.7 Å². The second-order valence-corrected chi connectivity index (χ2v) is 8.91. The van der Waals surface area contributed by atoms with Crippen molar-refractivity contribution >= 4 is 23.2 Å². The summed E-state index contributed by atoms with van der Waals surface area (Å²) in [5.74, 6) is 1.65. The summed E-state index contributed by atoms with van der Waals surface area (Å²) in [4.78, 5) is 27.6. The summed E-state index contributed by atoms with van der Waals surface area (Å²) in [6.07, 6.45) is 0.900. The predicted octanol–water partition coefficient (Wildman–Crippen LogP) is 5.14. The zero-order valence-electron chi connectivity index (χ0n) is 19.0. The third-order valence-corrected chi connectivity index (χ3v) is 5.28. The molecule has 2 aromatic carbocycles. The van der Waals surface area contributed by atoms with Crippen molar-refractivity contribution in [2.45, 2.75) is 41.0 Å². The first-order valence-corrected chi connectivity index (χ1v) is 10.8. The van der Waals surface area contributed by atoms with Crippen LogP contribution in [0, 0.1) is 11.3 Å². The van der Waals surface area contributed by atoms with Crippen molar-refractivity contribution in [3.05, 3.63) is 48.0 Å². The minimum atomic E-state index is -0.623. The molecule has 166 valence electrons. The number of rotatable bonds is 7. The van der Waals surface area contributed by atoms with Gasteiger partial charge >= 0.3 is 0 Å². The van der Waals surface area contributed by atoms with Crippen molar-refractivity contribution in [2.24, 2.45) is 11.3 Å². The van der Waals surface area contributed by atoms with Crippen LogP contribution in [0.5, 0.6) is 11.5 Å². The van der Waals surface area contributed by atoms with E-state index in [1.54, 1.807) is 30.3 Å². The Balaban J connectivity index is 1.82. The van der Waals surface area contributed by atoms with Gasteiger partial charge in [0.25, 0.3) is 5.91 Å². The fourth-order valence-electron chi connectivity index (χ4n) is 3.41. The van der Waals surface area contributed by atoms with Crippen molar-refractivity contribution < 1.29 is 19.1 Å². The van der Waals surface area contributed by atoms with Crippen LogP contribution in [0.2, 0.25) is 0 Å². The normalized spacial score (nSPS) is 15.2. The van der Waals surface area contributed by atoms with Crippen LogP contribution in [-0.4, -0.2) is 31.6 Å². The van der Waals surface area contributed by atoms with E-state index in [1.807, 2.05) is 37.8 Å². The second-order valence-electron chi connectivity index (χ2n) is 8.91. The van der Waals surface area contributed by atoms with Gasteiger partial charge in [-0.15, -0.1) is 0 Å². The van der Waals surface area contributed by atoms with E-state index in [9.17, 15) is 9.59 Å². The molecule has 0 aliphatic carbocycles. The molecule has 0 atom stereocenters. The largest absolute Gasteiger partial charge is 0.494 e. The molecular formula is C25H32N2O4. The van der Waals surface area contributed by atoms with Crippen molar-refractivity contribution in [2.75, 3.05) is 30.0 Å². The third kappa shape index (κ3) is 5.37. The highest BCUT2D eigenvalue weighted by Crippen LogP contribution is 2.38. The Morgan fingerprint density at radius 3 is 2.55 bits per heavy atom. The Morgan fingerprint density at radius 2 is 1.90 bits per heavy atom. The SMILES string of the molecule is CCOc1ccc(C(=O)Nc2ccc3c(c2)OCC(C)(C)C(=O)N3CCC(C)C)cc1. The molecule has 1 aliphatic heterocycles. The van der Waals surface area contributed by atoms with Gasteiger partial charge < -0.3 is 19.7 Å². The average Bonchev–Trinajstić information content (AvgIpc) is 2.82. The van der Waals surface area contributed by atoms with E-state index in [2.05, 4.69) is 19.2 Å². The number of nitrogens with one attached hydrogen (secondary N) is 1. The lowest BCUT2D eigenvalue weighted by atomic mass is 9.92. The van der Waals surface area contributed by atoms with E-state index in [-0.39, 0.29) is 18.4 Å². The van der Waals surface area contributed by atoms with Crippen molar-refractivity contribution in [1.82, 2.24) is 0 Å². The smallest absolute Gasteiger partial charge is 0.255 e. The van der Waals surface area contributed by atoms with Crippen molar-refractivity contribution in [3.63, 3.8) is 0 Å². The number of carbonyl (C=O) groups is 2. The van der Waals surface area contributed by atoms with Gasteiger partial charge in [0.15, 0.2) is 0 Å². The molecule has 0 bridgehead atoms. The van der Waals surface area contributed by atoms with E-state index < -0.39 is 5.41 Å². The number of hydrogen-bond donors (Lipinski definition) is 1. The van der Waals surface area contributed by atoms with Gasteiger partial charge in [-0.25, -0.2) is 0 Å². The van der Waals surface area contributed by atoms with Crippen LogP contribution in [0.3, 0.4) is 0 Å². The molecule has 0 radical (unpaired) electrons. The van der Waals surface area contributed by atoms with Crippen molar-refractivity contribution in [3.8, 4) is 11.5 Å². The van der Waals surface area contributed by atoms with E-state index in [1.165, 1.54) is 0 Å². The number of amides is 2. The number of carbonyl (C=O) groups excluding carboxylic acids is 2. The molecule has 0 saturated carbocycles. The van der Waals surface area contributed by atoms with Gasteiger partial charge in [-0.1, -0.05) is 13.8 Å². The first-order valence-electron chi connectivity index (χ1n) is 10.8. The van der Waals surface area contributed by atoms with Gasteiger partial charge in [-0.2, -0.15) is 0 Å². The molecule has 0 unspecified atom stereocenters. The summed E-state index contributed by atoms with van der Waals surface area (Å²) >= 11 is 0. The van der Waals surface area contributed by atoms with Gasteiger partial charge in [-0.05, 0) is 69.5 Å². The van der Waals surface area contributed by atoms with Gasteiger partial charge in [0, 0.05) is 23.9 Å². The van der Waals surface area contributed by atoms with Gasteiger partial charge in [0.1, 0.15) is 18.1 Å². The molecule has 0 spiro atoms. The topological polar surface area (TPSA) is 67.9 Å². The summed E-state index contributed by atoms with van der Waals surface area (Å²) in [6, 6.07) is 12.5. The summed E-state index contributed by atoms with van der Waals surface area (Å²) < 4.78 is 11.4. The van der Waals surface area contributed by atoms with E-state index >= 15 is 0 Å². The second kappa shape index (κ2) is 9.41. The summed E-state index contributed by atoms with van der Waals surface area (Å²) in [6.45, 7) is 11.5. The fraction of sp³-hybridized carbons (Fsp3) is 0.440. The van der Waals surface area contributed by atoms with Crippen LogP contribution >= 0.6 is 0 Å². The number of nitrogens with zero attached hydrogens (tertiary/aromatic N) is 1. The standard InChI is InChI=1S/C25H32N2O4/c1-6-30-20-10-7-18(8-11-20)23(28)26-19-9-12-21-22(15-19)31-16-25(4,5)24(29)27(21)14-13-17(2)3/h7-12,15,17H,6,13-14,16H2,1-5H3,(H,26,28). The summed E-state index contributed by atoms with van der Waals surface area (Å²) in [7, 11) is 0. The zero-order valence-corrected chi connectivity index (χ0v) is 19.0. The lowest BCUT2D eigenvalue weighted by Crippen LogP contribution is -2.42. The Morgan fingerprint density at radius 1 is 1.19 bits per heavy atom. The number of hydrogen-bond acceptors (Lipinski definition) is 4. The quantitative estimate of drug-likeness (QED) is 0.669. The molecule has 6 nitrogen and oxygen atoms in total. The third-order valence-electron chi connectivity index (χ3n) is 5.28. The Labute approximate surface area is 184 Å². The Kier molecular flexibility index (Phi) is 6.88. The summed E-state index contributed by atoms with van der Waals surface area (Å²) in [5, 5.41) is 2.91. The molecule has 0 saturated heterocycles. The van der Waals surface area contributed by atoms with Crippen LogP contribution in [0.1, 0.15) is 51.4 Å². The van der Waals surface area contributed by atoms with Gasteiger partial charge in [0.2, 0.25) is 5.91 Å². The van der Waals surface area contributed by atoms with Gasteiger partial charge in [-0.3, -0.25) is 9.59 Å². The molecule has 1 aliphatic rings. The number of ether oxygens (including phenoxy) is 2. The lowest BCUT2D eigenvalue weighted by Gasteiger charge is -2.28. The Bertz CT molecular complexity index is 935. The minimum Gasteiger partial charge on any atom is -0.494 e. The first kappa shape index (κ1) is 22.7. The number of anilines is 2. The molecule has 6 heteroatoms. The van der Waals surface area contributed by atoms with Crippen LogP contribution in [0.15, 0.2) is 42.5 Å². The first-order chi connectivity index (χ1) is 14.7. The fourth-order valence-corrected chi connectivity index (χ4v) is 3.41. The van der Waals surface area contributed by atoms with E-state index in [0.29, 0.717) is 36.1 Å². The van der Waals surface area contributed by atoms with E-state index in [0.717, 1.165) is 17.9 Å². The lowest BCUT2D eigenvalue weighted by molar-refractivity contribution is -0.127. The summed E-state index contributed by atoms with van der Waals surface area (Å²) in [5.41, 5.74) is 1.28. The maximum absolute atomic E-state index is 13.1.